The van der Waals surface area contributed by atoms with Crippen LogP contribution in [-0.2, 0) is 4.79 Å². The van der Waals surface area contributed by atoms with Crippen LogP contribution in [-0.4, -0.2) is 23.0 Å². The van der Waals surface area contributed by atoms with Crippen molar-refractivity contribution in [2.24, 2.45) is 5.41 Å². The minimum absolute atomic E-state index is 0.159. The number of aryl methyl sites for hydroxylation is 1. The van der Waals surface area contributed by atoms with Crippen molar-refractivity contribution in [2.75, 3.05) is 0 Å². The van der Waals surface area contributed by atoms with Gasteiger partial charge in [-0.05, 0) is 18.4 Å². The van der Waals surface area contributed by atoms with E-state index in [2.05, 4.69) is 5.32 Å². The van der Waals surface area contributed by atoms with Crippen LogP contribution in [0.25, 0.3) is 11.0 Å². The van der Waals surface area contributed by atoms with Gasteiger partial charge in [0.2, 0.25) is 0 Å². The number of aliphatic carboxylic acids is 1. The summed E-state index contributed by atoms with van der Waals surface area (Å²) in [6, 6.07) is 6.34. The SMILES string of the molecule is Cc1c(C(=O)N[C@H](C(=O)O)C(C)(C)C)oc2ccccc12. The summed E-state index contributed by atoms with van der Waals surface area (Å²) in [7, 11) is 0. The highest BCUT2D eigenvalue weighted by atomic mass is 16.4. The zero-order valence-corrected chi connectivity index (χ0v) is 12.6. The lowest BCUT2D eigenvalue weighted by Gasteiger charge is -2.27. The lowest BCUT2D eigenvalue weighted by molar-refractivity contribution is -0.142. The van der Waals surface area contributed by atoms with Crippen molar-refractivity contribution in [3.63, 3.8) is 0 Å². The summed E-state index contributed by atoms with van der Waals surface area (Å²) in [6.07, 6.45) is 0. The summed E-state index contributed by atoms with van der Waals surface area (Å²) in [6.45, 7) is 7.07. The molecule has 1 amide bonds. The Balaban J connectivity index is 2.34. The molecule has 0 aliphatic rings. The summed E-state index contributed by atoms with van der Waals surface area (Å²) in [5.41, 5.74) is 0.727. The predicted octanol–water partition coefficient (Wildman–Crippen LogP) is 2.97. The number of hydrogen-bond acceptors (Lipinski definition) is 3. The third kappa shape index (κ3) is 2.91. The maximum absolute atomic E-state index is 12.3. The maximum atomic E-state index is 12.3. The molecule has 0 bridgehead atoms. The van der Waals surface area contributed by atoms with Gasteiger partial charge in [-0.15, -0.1) is 0 Å². The van der Waals surface area contributed by atoms with Gasteiger partial charge in [0.1, 0.15) is 11.6 Å². The van der Waals surface area contributed by atoms with Crippen molar-refractivity contribution < 1.29 is 19.1 Å². The third-order valence-corrected chi connectivity index (χ3v) is 3.44. The van der Waals surface area contributed by atoms with Gasteiger partial charge in [0.15, 0.2) is 5.76 Å². The molecule has 0 saturated carbocycles. The molecule has 0 fully saturated rings. The molecule has 1 atom stereocenters. The molecular weight excluding hydrogens is 270 g/mol. The van der Waals surface area contributed by atoms with E-state index >= 15 is 0 Å². The molecule has 0 spiro atoms. The van der Waals surface area contributed by atoms with Gasteiger partial charge in [0.25, 0.3) is 5.91 Å². The lowest BCUT2D eigenvalue weighted by atomic mass is 9.86. The van der Waals surface area contributed by atoms with Crippen LogP contribution < -0.4 is 5.32 Å². The summed E-state index contributed by atoms with van der Waals surface area (Å²) < 4.78 is 5.55. The van der Waals surface area contributed by atoms with Crippen LogP contribution in [0.4, 0.5) is 0 Å². The maximum Gasteiger partial charge on any atom is 0.326 e. The van der Waals surface area contributed by atoms with E-state index in [0.717, 1.165) is 5.39 Å². The molecule has 1 heterocycles. The molecule has 0 unspecified atom stereocenters. The van der Waals surface area contributed by atoms with Crippen molar-refractivity contribution in [1.82, 2.24) is 5.32 Å². The van der Waals surface area contributed by atoms with Crippen LogP contribution in [0, 0.1) is 12.3 Å². The fraction of sp³-hybridized carbons (Fsp3) is 0.375. The number of rotatable bonds is 3. The van der Waals surface area contributed by atoms with E-state index in [1.165, 1.54) is 0 Å². The molecule has 1 aromatic heterocycles. The number of furan rings is 1. The number of carbonyl (C=O) groups is 2. The van der Waals surface area contributed by atoms with Crippen LogP contribution in [0.3, 0.4) is 0 Å². The second-order valence-electron chi connectivity index (χ2n) is 6.16. The summed E-state index contributed by atoms with van der Waals surface area (Å²) >= 11 is 0. The van der Waals surface area contributed by atoms with Crippen molar-refractivity contribution in [3.8, 4) is 0 Å². The Morgan fingerprint density at radius 2 is 1.86 bits per heavy atom. The van der Waals surface area contributed by atoms with E-state index in [1.54, 1.807) is 33.8 Å². The van der Waals surface area contributed by atoms with E-state index in [-0.39, 0.29) is 5.76 Å². The van der Waals surface area contributed by atoms with Gasteiger partial charge in [0, 0.05) is 10.9 Å². The molecule has 0 aliphatic heterocycles. The van der Waals surface area contributed by atoms with Gasteiger partial charge in [-0.3, -0.25) is 4.79 Å². The average Bonchev–Trinajstić information content (AvgIpc) is 2.72. The summed E-state index contributed by atoms with van der Waals surface area (Å²) in [5, 5.41) is 12.7. The Morgan fingerprint density at radius 3 is 2.38 bits per heavy atom. The first-order valence-corrected chi connectivity index (χ1v) is 6.73. The predicted molar refractivity (Wildman–Crippen MR) is 79.3 cm³/mol. The number of benzene rings is 1. The minimum atomic E-state index is -1.07. The minimum Gasteiger partial charge on any atom is -0.480 e. The van der Waals surface area contributed by atoms with Crippen LogP contribution >= 0.6 is 0 Å². The number of carboxylic acid groups (broad SMARTS) is 1. The Bertz CT molecular complexity index is 694. The monoisotopic (exact) mass is 289 g/mol. The van der Waals surface area contributed by atoms with E-state index in [4.69, 9.17) is 4.42 Å². The van der Waals surface area contributed by atoms with E-state index in [9.17, 15) is 14.7 Å². The van der Waals surface area contributed by atoms with Gasteiger partial charge in [-0.25, -0.2) is 4.79 Å². The van der Waals surface area contributed by atoms with Crippen molar-refractivity contribution >= 4 is 22.8 Å². The molecule has 0 saturated heterocycles. The topological polar surface area (TPSA) is 79.5 Å². The van der Waals surface area contributed by atoms with Crippen LogP contribution in [0.1, 0.15) is 36.9 Å². The van der Waals surface area contributed by atoms with Crippen molar-refractivity contribution in [1.29, 1.82) is 0 Å². The zero-order chi connectivity index (χ0) is 15.8. The molecule has 0 aliphatic carbocycles. The smallest absolute Gasteiger partial charge is 0.326 e. The van der Waals surface area contributed by atoms with E-state index in [0.29, 0.717) is 11.1 Å². The van der Waals surface area contributed by atoms with Crippen LogP contribution in [0.15, 0.2) is 28.7 Å². The number of nitrogens with one attached hydrogen (secondary N) is 1. The molecule has 21 heavy (non-hydrogen) atoms. The standard InChI is InChI=1S/C16H19NO4/c1-9-10-7-5-6-8-11(10)21-12(9)14(18)17-13(15(19)20)16(2,3)4/h5-8,13H,1-4H3,(H,17,18)(H,19,20)/t13-/m1/s1. The fourth-order valence-electron chi connectivity index (χ4n) is 2.24. The average molecular weight is 289 g/mol. The number of fused-ring (bicyclic) bond motifs is 1. The first-order valence-electron chi connectivity index (χ1n) is 6.73. The van der Waals surface area contributed by atoms with Gasteiger partial charge in [-0.1, -0.05) is 39.0 Å². The molecule has 5 heteroatoms. The highest BCUT2D eigenvalue weighted by Crippen LogP contribution is 2.26. The van der Waals surface area contributed by atoms with Gasteiger partial charge < -0.3 is 14.8 Å². The Kier molecular flexibility index (Phi) is 3.77. The quantitative estimate of drug-likeness (QED) is 0.910. The third-order valence-electron chi connectivity index (χ3n) is 3.44. The number of hydrogen-bond donors (Lipinski definition) is 2. The van der Waals surface area contributed by atoms with Gasteiger partial charge in [-0.2, -0.15) is 0 Å². The second kappa shape index (κ2) is 5.24. The number of amides is 1. The van der Waals surface area contributed by atoms with E-state index in [1.807, 2.05) is 18.2 Å². The molecule has 1 aromatic carbocycles. The molecule has 2 aromatic rings. The summed E-state index contributed by atoms with van der Waals surface area (Å²) in [5.74, 6) is -1.41. The lowest BCUT2D eigenvalue weighted by Crippen LogP contribution is -2.49. The van der Waals surface area contributed by atoms with Crippen LogP contribution in [0.2, 0.25) is 0 Å². The Hall–Kier alpha value is -2.30. The first-order chi connectivity index (χ1) is 9.71. The highest BCUT2D eigenvalue weighted by Gasteiger charge is 2.34. The first kappa shape index (κ1) is 15.1. The molecule has 112 valence electrons. The Labute approximate surface area is 122 Å². The molecular formula is C16H19NO4. The van der Waals surface area contributed by atoms with Gasteiger partial charge >= 0.3 is 5.97 Å². The zero-order valence-electron chi connectivity index (χ0n) is 12.6. The van der Waals surface area contributed by atoms with Crippen molar-refractivity contribution in [2.45, 2.75) is 33.7 Å². The van der Waals surface area contributed by atoms with Crippen LogP contribution in [0.5, 0.6) is 0 Å². The molecule has 2 rings (SSSR count). The fourth-order valence-corrected chi connectivity index (χ4v) is 2.24. The number of para-hydroxylation sites is 1. The second-order valence-corrected chi connectivity index (χ2v) is 6.16. The number of carbonyl (C=O) groups excluding carboxylic acids is 1. The van der Waals surface area contributed by atoms with E-state index < -0.39 is 23.3 Å². The molecule has 2 N–H and O–H groups in total. The number of carboxylic acids is 1. The molecule has 5 nitrogen and oxygen atoms in total. The summed E-state index contributed by atoms with van der Waals surface area (Å²) in [4.78, 5) is 23.7. The largest absolute Gasteiger partial charge is 0.480 e. The highest BCUT2D eigenvalue weighted by molar-refractivity contribution is 6.00. The Morgan fingerprint density at radius 1 is 1.24 bits per heavy atom. The van der Waals surface area contributed by atoms with Gasteiger partial charge in [0.05, 0.1) is 0 Å². The van der Waals surface area contributed by atoms with Crippen molar-refractivity contribution in [3.05, 3.63) is 35.6 Å². The molecule has 0 radical (unpaired) electrons. The normalized spacial score (nSPS) is 13.1.